The zero-order chi connectivity index (χ0) is 18.7. The number of carbonyl (C=O) groups is 2. The second-order valence-corrected chi connectivity index (χ2v) is 6.20. The molecule has 0 aliphatic carbocycles. The minimum absolute atomic E-state index is 0.169. The molecule has 1 aromatic heterocycles. The van der Waals surface area contributed by atoms with Gasteiger partial charge in [0.2, 0.25) is 0 Å². The van der Waals surface area contributed by atoms with Gasteiger partial charge in [-0.1, -0.05) is 30.3 Å². The van der Waals surface area contributed by atoms with Crippen molar-refractivity contribution < 1.29 is 23.6 Å². The molecule has 2 heterocycles. The summed E-state index contributed by atoms with van der Waals surface area (Å²) >= 11 is 0. The SMILES string of the molecule is CCc1noc(C)c1C(=O)OC(C)C(=O)NC1CCOc2ccccc21. The summed E-state index contributed by atoms with van der Waals surface area (Å²) in [5, 5.41) is 6.77. The van der Waals surface area contributed by atoms with E-state index in [1.54, 1.807) is 13.8 Å². The number of para-hydroxylation sites is 1. The van der Waals surface area contributed by atoms with Crippen molar-refractivity contribution in [1.29, 1.82) is 0 Å². The summed E-state index contributed by atoms with van der Waals surface area (Å²) in [5.41, 5.74) is 1.75. The molecule has 2 atom stereocenters. The van der Waals surface area contributed by atoms with E-state index in [0.717, 1.165) is 11.3 Å². The van der Waals surface area contributed by atoms with Gasteiger partial charge in [-0.3, -0.25) is 4.79 Å². The van der Waals surface area contributed by atoms with Crippen molar-refractivity contribution in [2.45, 2.75) is 45.8 Å². The highest BCUT2D eigenvalue weighted by Gasteiger charge is 2.28. The number of hydrogen-bond donors (Lipinski definition) is 1. The number of nitrogens with zero attached hydrogens (tertiary/aromatic N) is 1. The maximum atomic E-state index is 12.5. The molecule has 1 aliphatic heterocycles. The van der Waals surface area contributed by atoms with Gasteiger partial charge in [-0.05, 0) is 26.3 Å². The van der Waals surface area contributed by atoms with Crippen LogP contribution in [-0.2, 0) is 16.0 Å². The molecular weight excluding hydrogens is 336 g/mol. The van der Waals surface area contributed by atoms with Gasteiger partial charge in [0, 0.05) is 12.0 Å². The van der Waals surface area contributed by atoms with Crippen LogP contribution in [0.4, 0.5) is 0 Å². The van der Waals surface area contributed by atoms with E-state index in [1.807, 2.05) is 31.2 Å². The largest absolute Gasteiger partial charge is 0.493 e. The first kappa shape index (κ1) is 18.0. The Bertz CT molecular complexity index is 814. The Hall–Kier alpha value is -2.83. The highest BCUT2D eigenvalue weighted by Crippen LogP contribution is 2.31. The summed E-state index contributed by atoms with van der Waals surface area (Å²) in [6, 6.07) is 7.41. The van der Waals surface area contributed by atoms with Crippen LogP contribution in [-0.4, -0.2) is 29.7 Å². The summed E-state index contributed by atoms with van der Waals surface area (Å²) in [4.78, 5) is 24.9. The maximum Gasteiger partial charge on any atom is 0.344 e. The molecule has 1 N–H and O–H groups in total. The molecule has 7 nitrogen and oxygen atoms in total. The van der Waals surface area contributed by atoms with Crippen molar-refractivity contribution >= 4 is 11.9 Å². The number of hydrogen-bond acceptors (Lipinski definition) is 6. The topological polar surface area (TPSA) is 90.7 Å². The van der Waals surface area contributed by atoms with Gasteiger partial charge in [0.25, 0.3) is 5.91 Å². The molecule has 0 radical (unpaired) electrons. The van der Waals surface area contributed by atoms with Gasteiger partial charge in [0.15, 0.2) is 6.10 Å². The lowest BCUT2D eigenvalue weighted by molar-refractivity contribution is -0.130. The average molecular weight is 358 g/mol. The molecule has 2 unspecified atom stereocenters. The highest BCUT2D eigenvalue weighted by molar-refractivity contribution is 5.94. The molecular formula is C19H22N2O5. The molecule has 2 aromatic rings. The lowest BCUT2D eigenvalue weighted by Gasteiger charge is -2.27. The number of aryl methyl sites for hydroxylation is 2. The third-order valence-corrected chi connectivity index (χ3v) is 4.40. The summed E-state index contributed by atoms with van der Waals surface area (Å²) < 4.78 is 16.0. The van der Waals surface area contributed by atoms with E-state index in [4.69, 9.17) is 14.0 Å². The van der Waals surface area contributed by atoms with Gasteiger partial charge in [-0.2, -0.15) is 0 Å². The monoisotopic (exact) mass is 358 g/mol. The Morgan fingerprint density at radius 3 is 2.92 bits per heavy atom. The number of amides is 1. The maximum absolute atomic E-state index is 12.5. The third-order valence-electron chi connectivity index (χ3n) is 4.40. The second-order valence-electron chi connectivity index (χ2n) is 6.20. The zero-order valence-corrected chi connectivity index (χ0v) is 15.1. The van der Waals surface area contributed by atoms with E-state index >= 15 is 0 Å². The summed E-state index contributed by atoms with van der Waals surface area (Å²) in [5.74, 6) is 0.196. The average Bonchev–Trinajstić information content (AvgIpc) is 3.02. The number of aromatic nitrogens is 1. The first-order valence-electron chi connectivity index (χ1n) is 8.69. The Morgan fingerprint density at radius 1 is 1.38 bits per heavy atom. The van der Waals surface area contributed by atoms with Crippen LogP contribution in [0.5, 0.6) is 5.75 Å². The van der Waals surface area contributed by atoms with Crippen molar-refractivity contribution in [1.82, 2.24) is 10.5 Å². The molecule has 0 spiro atoms. The molecule has 1 aromatic carbocycles. The number of esters is 1. The predicted molar refractivity (Wildman–Crippen MR) is 92.9 cm³/mol. The van der Waals surface area contributed by atoms with E-state index < -0.39 is 12.1 Å². The number of rotatable bonds is 5. The minimum Gasteiger partial charge on any atom is -0.493 e. The fraction of sp³-hybridized carbons (Fsp3) is 0.421. The van der Waals surface area contributed by atoms with Crippen molar-refractivity contribution in [3.63, 3.8) is 0 Å². The lowest BCUT2D eigenvalue weighted by Crippen LogP contribution is -2.39. The van der Waals surface area contributed by atoms with E-state index in [-0.39, 0.29) is 11.9 Å². The first-order chi connectivity index (χ1) is 12.5. The molecule has 0 bridgehead atoms. The predicted octanol–water partition coefficient (Wildman–Crippen LogP) is 2.73. The van der Waals surface area contributed by atoms with Crippen LogP contribution in [0.15, 0.2) is 28.8 Å². The number of benzene rings is 1. The molecule has 0 saturated carbocycles. The van der Waals surface area contributed by atoms with Crippen LogP contribution in [0.3, 0.4) is 0 Å². The molecule has 138 valence electrons. The number of fused-ring (bicyclic) bond motifs is 1. The Labute approximate surface area is 151 Å². The smallest absolute Gasteiger partial charge is 0.344 e. The zero-order valence-electron chi connectivity index (χ0n) is 15.1. The molecule has 0 saturated heterocycles. The fourth-order valence-corrected chi connectivity index (χ4v) is 2.98. The first-order valence-corrected chi connectivity index (χ1v) is 8.69. The summed E-state index contributed by atoms with van der Waals surface area (Å²) in [7, 11) is 0. The second kappa shape index (κ2) is 7.59. The summed E-state index contributed by atoms with van der Waals surface area (Å²) in [6.07, 6.45) is 0.270. The van der Waals surface area contributed by atoms with Gasteiger partial charge in [0.1, 0.15) is 17.1 Å². The number of carbonyl (C=O) groups excluding carboxylic acids is 2. The van der Waals surface area contributed by atoms with E-state index in [0.29, 0.717) is 36.5 Å². The van der Waals surface area contributed by atoms with Crippen molar-refractivity contribution in [3.8, 4) is 5.75 Å². The Morgan fingerprint density at radius 2 is 2.15 bits per heavy atom. The quantitative estimate of drug-likeness (QED) is 0.827. The number of ether oxygens (including phenoxy) is 2. The molecule has 0 fully saturated rings. The fourth-order valence-electron chi connectivity index (χ4n) is 2.98. The molecule has 7 heteroatoms. The van der Waals surface area contributed by atoms with Crippen LogP contribution in [0.2, 0.25) is 0 Å². The van der Waals surface area contributed by atoms with E-state index in [9.17, 15) is 9.59 Å². The highest BCUT2D eigenvalue weighted by atomic mass is 16.5. The van der Waals surface area contributed by atoms with Gasteiger partial charge < -0.3 is 19.3 Å². The lowest BCUT2D eigenvalue weighted by atomic mass is 10.0. The van der Waals surface area contributed by atoms with Crippen molar-refractivity contribution in [2.24, 2.45) is 0 Å². The van der Waals surface area contributed by atoms with Gasteiger partial charge in [0.05, 0.1) is 18.3 Å². The Balaban J connectivity index is 1.66. The van der Waals surface area contributed by atoms with Crippen LogP contribution < -0.4 is 10.1 Å². The van der Waals surface area contributed by atoms with Crippen molar-refractivity contribution in [3.05, 3.63) is 46.8 Å². The van der Waals surface area contributed by atoms with Gasteiger partial charge in [-0.15, -0.1) is 0 Å². The van der Waals surface area contributed by atoms with Crippen LogP contribution >= 0.6 is 0 Å². The number of nitrogens with one attached hydrogen (secondary N) is 1. The Kier molecular flexibility index (Phi) is 5.25. The molecule has 1 aliphatic rings. The van der Waals surface area contributed by atoms with Crippen molar-refractivity contribution in [2.75, 3.05) is 6.61 Å². The standard InChI is InChI=1S/C19H22N2O5/c1-4-14-17(11(2)26-21-14)19(23)25-12(3)18(22)20-15-9-10-24-16-8-6-5-7-13(15)16/h5-8,12,15H,4,9-10H2,1-3H3,(H,20,22). The van der Waals surface area contributed by atoms with Gasteiger partial charge in [-0.25, -0.2) is 4.79 Å². The molecule has 26 heavy (non-hydrogen) atoms. The van der Waals surface area contributed by atoms with Crippen LogP contribution in [0.25, 0.3) is 0 Å². The van der Waals surface area contributed by atoms with Crippen LogP contribution in [0.1, 0.15) is 53.7 Å². The normalized spacial score (nSPS) is 17.0. The molecule has 3 rings (SSSR count). The summed E-state index contributed by atoms with van der Waals surface area (Å²) in [6.45, 7) is 5.59. The minimum atomic E-state index is -0.934. The third kappa shape index (κ3) is 3.56. The molecule has 1 amide bonds. The van der Waals surface area contributed by atoms with Crippen LogP contribution in [0, 0.1) is 6.92 Å². The van der Waals surface area contributed by atoms with Gasteiger partial charge >= 0.3 is 5.97 Å². The van der Waals surface area contributed by atoms with E-state index in [1.165, 1.54) is 0 Å². The van der Waals surface area contributed by atoms with E-state index in [2.05, 4.69) is 10.5 Å².